The number of rotatable bonds is 5. The van der Waals surface area contributed by atoms with Crippen LogP contribution in [-0.4, -0.2) is 40.4 Å². The molecule has 0 radical (unpaired) electrons. The maximum Gasteiger partial charge on any atom is 0.226 e. The van der Waals surface area contributed by atoms with Crippen LogP contribution in [0.25, 0.3) is 11.1 Å². The summed E-state index contributed by atoms with van der Waals surface area (Å²) in [4.78, 5) is 14.7. The van der Waals surface area contributed by atoms with Gasteiger partial charge in [-0.1, -0.05) is 30.3 Å². The minimum Gasteiger partial charge on any atom is -0.341 e. The van der Waals surface area contributed by atoms with E-state index in [1.54, 1.807) is 12.3 Å². The molecule has 2 aromatic rings. The van der Waals surface area contributed by atoms with Gasteiger partial charge in [0.05, 0.1) is 11.0 Å². The monoisotopic (exact) mass is 404 g/mol. The van der Waals surface area contributed by atoms with Crippen LogP contribution in [0.2, 0.25) is 0 Å². The van der Waals surface area contributed by atoms with Crippen molar-refractivity contribution < 1.29 is 17.8 Å². The summed E-state index contributed by atoms with van der Waals surface area (Å²) in [6, 6.07) is 11.6. The highest BCUT2D eigenvalue weighted by molar-refractivity contribution is 7.82. The summed E-state index contributed by atoms with van der Waals surface area (Å²) in [5.41, 5.74) is 2.45. The highest BCUT2D eigenvalue weighted by Crippen LogP contribution is 2.51. The lowest BCUT2D eigenvalue weighted by Crippen LogP contribution is -2.36. The van der Waals surface area contributed by atoms with E-state index in [1.165, 1.54) is 6.07 Å². The zero-order valence-corrected chi connectivity index (χ0v) is 16.3. The Labute approximate surface area is 165 Å². The smallest absolute Gasteiger partial charge is 0.226 e. The van der Waals surface area contributed by atoms with Crippen LogP contribution in [0, 0.1) is 17.6 Å². The first-order valence-electron chi connectivity index (χ1n) is 9.36. The molecule has 2 aliphatic rings. The Bertz CT molecular complexity index is 936. The summed E-state index contributed by atoms with van der Waals surface area (Å²) in [5.74, 6) is -1.62. The van der Waals surface area contributed by atoms with Gasteiger partial charge in [0.1, 0.15) is 0 Å². The zero-order chi connectivity index (χ0) is 19.8. The summed E-state index contributed by atoms with van der Waals surface area (Å²) in [5, 5.41) is 0. The van der Waals surface area contributed by atoms with Crippen LogP contribution in [-0.2, 0) is 15.8 Å². The van der Waals surface area contributed by atoms with Gasteiger partial charge in [0.15, 0.2) is 11.6 Å². The molecule has 4 atom stereocenters. The van der Waals surface area contributed by atoms with Gasteiger partial charge < -0.3 is 4.90 Å². The molecular formula is C21H22F2N2O2S. The standard InChI is InChI=1S/C21H22F2N2O2S/c1-28(27)24-14-8-9-25(12-14)21(26)18-11-17(18)16-5-3-2-4-15(16)13-6-7-19(22)20(23)10-13/h2-7,10,14,17-18,24H,8-9,11-12H2,1H3. The molecule has 2 fully saturated rings. The van der Waals surface area contributed by atoms with Crippen molar-refractivity contribution in [2.24, 2.45) is 5.92 Å². The Morgan fingerprint density at radius 1 is 1.18 bits per heavy atom. The highest BCUT2D eigenvalue weighted by atomic mass is 32.2. The largest absolute Gasteiger partial charge is 0.341 e. The average Bonchev–Trinajstić information content (AvgIpc) is 3.34. The topological polar surface area (TPSA) is 49.4 Å². The van der Waals surface area contributed by atoms with E-state index in [0.717, 1.165) is 30.0 Å². The van der Waals surface area contributed by atoms with Gasteiger partial charge in [-0.2, -0.15) is 0 Å². The van der Waals surface area contributed by atoms with Crippen LogP contribution >= 0.6 is 0 Å². The van der Waals surface area contributed by atoms with Gasteiger partial charge in [-0.05, 0) is 47.6 Å². The maximum absolute atomic E-state index is 13.7. The number of carbonyl (C=O) groups excluding carboxylic acids is 1. The van der Waals surface area contributed by atoms with E-state index >= 15 is 0 Å². The Balaban J connectivity index is 1.49. The molecule has 1 aliphatic heterocycles. The third-order valence-corrected chi connectivity index (χ3v) is 6.20. The molecule has 4 nitrogen and oxygen atoms in total. The van der Waals surface area contributed by atoms with Crippen LogP contribution < -0.4 is 4.72 Å². The third kappa shape index (κ3) is 3.86. The van der Waals surface area contributed by atoms with Gasteiger partial charge in [0.25, 0.3) is 0 Å². The number of likely N-dealkylation sites (tertiary alicyclic amines) is 1. The van der Waals surface area contributed by atoms with Crippen LogP contribution in [0.1, 0.15) is 24.3 Å². The number of benzene rings is 2. The molecule has 7 heteroatoms. The van der Waals surface area contributed by atoms with Gasteiger partial charge >= 0.3 is 0 Å². The number of amides is 1. The predicted molar refractivity (Wildman–Crippen MR) is 105 cm³/mol. The molecule has 4 rings (SSSR count). The summed E-state index contributed by atoms with van der Waals surface area (Å²) < 4.78 is 41.3. The molecule has 1 saturated heterocycles. The van der Waals surface area contributed by atoms with Crippen molar-refractivity contribution in [2.75, 3.05) is 19.3 Å². The number of nitrogens with one attached hydrogen (secondary N) is 1. The molecule has 0 spiro atoms. The molecular weight excluding hydrogens is 382 g/mol. The lowest BCUT2D eigenvalue weighted by molar-refractivity contribution is -0.131. The predicted octanol–water partition coefficient (Wildman–Crippen LogP) is 3.22. The molecule has 2 aromatic carbocycles. The summed E-state index contributed by atoms with van der Waals surface area (Å²) >= 11 is 0. The van der Waals surface area contributed by atoms with Crippen LogP contribution in [0.4, 0.5) is 8.78 Å². The first kappa shape index (κ1) is 19.2. The number of hydrogen-bond acceptors (Lipinski definition) is 2. The second-order valence-corrected chi connectivity index (χ2v) is 8.65. The van der Waals surface area contributed by atoms with Crippen molar-refractivity contribution in [3.05, 3.63) is 59.7 Å². The average molecular weight is 404 g/mol. The molecule has 1 N–H and O–H groups in total. The van der Waals surface area contributed by atoms with E-state index in [4.69, 9.17) is 0 Å². The fourth-order valence-electron chi connectivity index (χ4n) is 4.08. The van der Waals surface area contributed by atoms with Crippen molar-refractivity contribution in [2.45, 2.75) is 24.8 Å². The van der Waals surface area contributed by atoms with Crippen molar-refractivity contribution in [3.63, 3.8) is 0 Å². The number of halogens is 2. The normalized spacial score (nSPS) is 25.0. The number of carbonyl (C=O) groups is 1. The minimum absolute atomic E-state index is 0.0708. The van der Waals surface area contributed by atoms with Crippen molar-refractivity contribution in [1.82, 2.24) is 9.62 Å². The molecule has 1 aliphatic carbocycles. The van der Waals surface area contributed by atoms with E-state index in [2.05, 4.69) is 4.72 Å². The van der Waals surface area contributed by atoms with E-state index in [0.29, 0.717) is 18.7 Å². The maximum atomic E-state index is 13.7. The Hall–Kier alpha value is -2.12. The third-order valence-electron chi connectivity index (χ3n) is 5.53. The molecule has 1 heterocycles. The lowest BCUT2D eigenvalue weighted by atomic mass is 9.95. The van der Waals surface area contributed by atoms with Gasteiger partial charge in [0, 0.05) is 31.3 Å². The number of hydrogen-bond donors (Lipinski definition) is 1. The summed E-state index contributed by atoms with van der Waals surface area (Å²) in [6.07, 6.45) is 3.15. The van der Waals surface area contributed by atoms with E-state index in [9.17, 15) is 17.8 Å². The fraction of sp³-hybridized carbons (Fsp3) is 0.381. The van der Waals surface area contributed by atoms with Crippen molar-refractivity contribution in [1.29, 1.82) is 0 Å². The summed E-state index contributed by atoms with van der Waals surface area (Å²) in [6.45, 7) is 1.24. The minimum atomic E-state index is -1.09. The second kappa shape index (κ2) is 7.72. The first-order chi connectivity index (χ1) is 13.4. The molecule has 0 aromatic heterocycles. The van der Waals surface area contributed by atoms with E-state index in [-0.39, 0.29) is 23.8 Å². The summed E-state index contributed by atoms with van der Waals surface area (Å²) in [7, 11) is -1.09. The van der Waals surface area contributed by atoms with Crippen LogP contribution in [0.3, 0.4) is 0 Å². The van der Waals surface area contributed by atoms with Crippen molar-refractivity contribution in [3.8, 4) is 11.1 Å². The van der Waals surface area contributed by atoms with Gasteiger partial charge in [-0.15, -0.1) is 0 Å². The van der Waals surface area contributed by atoms with Gasteiger partial charge in [-0.3, -0.25) is 4.79 Å². The zero-order valence-electron chi connectivity index (χ0n) is 15.5. The molecule has 1 saturated carbocycles. The fourth-order valence-corrected chi connectivity index (χ4v) is 4.75. The Morgan fingerprint density at radius 2 is 1.96 bits per heavy atom. The molecule has 1 amide bonds. The van der Waals surface area contributed by atoms with Crippen LogP contribution in [0.5, 0.6) is 0 Å². The highest BCUT2D eigenvalue weighted by Gasteiger charge is 2.47. The quantitative estimate of drug-likeness (QED) is 0.832. The number of nitrogens with zero attached hydrogens (tertiary/aromatic N) is 1. The Kier molecular flexibility index (Phi) is 5.29. The second-order valence-electron chi connectivity index (χ2n) is 7.51. The van der Waals surface area contributed by atoms with E-state index < -0.39 is 22.6 Å². The first-order valence-corrected chi connectivity index (χ1v) is 10.9. The van der Waals surface area contributed by atoms with E-state index in [1.807, 2.05) is 29.2 Å². The van der Waals surface area contributed by atoms with Gasteiger partial charge in [0.2, 0.25) is 5.91 Å². The van der Waals surface area contributed by atoms with Crippen molar-refractivity contribution >= 4 is 16.9 Å². The molecule has 148 valence electrons. The molecule has 28 heavy (non-hydrogen) atoms. The Morgan fingerprint density at radius 3 is 2.71 bits per heavy atom. The van der Waals surface area contributed by atoms with Crippen LogP contribution in [0.15, 0.2) is 42.5 Å². The SMILES string of the molecule is CS(=O)NC1CCN(C(=O)C2CC2c2ccccc2-c2ccc(F)c(F)c2)C1. The lowest BCUT2D eigenvalue weighted by Gasteiger charge is -2.17. The van der Waals surface area contributed by atoms with Gasteiger partial charge in [-0.25, -0.2) is 17.7 Å². The molecule has 0 bridgehead atoms. The molecule has 4 unspecified atom stereocenters.